The maximum atomic E-state index is 12.3. The first-order valence-electron chi connectivity index (χ1n) is 11.6. The SMILES string of the molecule is COC(=O)c1cc2c(OCCCc3ccc(OC)cc3NC(=O)OC(C)(C)C)ccc(OC)c2n1C. The number of esters is 1. The molecule has 0 unspecified atom stereocenters. The number of aryl methyl sites for hydroxylation is 2. The molecule has 3 aromatic rings. The van der Waals surface area contributed by atoms with Gasteiger partial charge in [0.2, 0.25) is 0 Å². The second kappa shape index (κ2) is 11.2. The standard InChI is InChI=1S/C27H34N2O7/c1-27(2,3)36-26(31)28-20-15-18(32-5)11-10-17(20)9-8-14-35-22-12-13-23(33-6)24-19(22)16-21(29(24)4)25(30)34-7/h10-13,15-16H,8-9,14H2,1-7H3,(H,28,31). The van der Waals surface area contributed by atoms with Crippen LogP contribution >= 0.6 is 0 Å². The Balaban J connectivity index is 1.74. The molecule has 0 aliphatic rings. The Morgan fingerprint density at radius 2 is 1.69 bits per heavy atom. The van der Waals surface area contributed by atoms with E-state index >= 15 is 0 Å². The van der Waals surface area contributed by atoms with Crippen LogP contribution in [0.1, 0.15) is 43.2 Å². The summed E-state index contributed by atoms with van der Waals surface area (Å²) in [5.74, 6) is 1.46. The quantitative estimate of drug-likeness (QED) is 0.314. The van der Waals surface area contributed by atoms with Gasteiger partial charge in [-0.3, -0.25) is 5.32 Å². The summed E-state index contributed by atoms with van der Waals surface area (Å²) in [7, 11) is 6.28. The van der Waals surface area contributed by atoms with Gasteiger partial charge in [-0.2, -0.15) is 0 Å². The van der Waals surface area contributed by atoms with Gasteiger partial charge in [0.1, 0.15) is 28.5 Å². The summed E-state index contributed by atoms with van der Waals surface area (Å²) in [4.78, 5) is 24.5. The summed E-state index contributed by atoms with van der Waals surface area (Å²) in [6.07, 6.45) is 0.801. The Morgan fingerprint density at radius 1 is 0.972 bits per heavy atom. The summed E-state index contributed by atoms with van der Waals surface area (Å²) in [5, 5.41) is 3.58. The van der Waals surface area contributed by atoms with E-state index in [1.54, 1.807) is 38.0 Å². The molecule has 9 nitrogen and oxygen atoms in total. The molecule has 0 aliphatic heterocycles. The lowest BCUT2D eigenvalue weighted by Gasteiger charge is -2.20. The number of hydrogen-bond acceptors (Lipinski definition) is 7. The lowest BCUT2D eigenvalue weighted by atomic mass is 10.1. The van der Waals surface area contributed by atoms with Crippen LogP contribution in [0.4, 0.5) is 10.5 Å². The van der Waals surface area contributed by atoms with E-state index in [1.807, 2.05) is 45.0 Å². The van der Waals surface area contributed by atoms with Gasteiger partial charge in [-0.1, -0.05) is 6.07 Å². The number of aromatic nitrogens is 1. The Labute approximate surface area is 211 Å². The van der Waals surface area contributed by atoms with E-state index < -0.39 is 17.7 Å². The van der Waals surface area contributed by atoms with E-state index in [-0.39, 0.29) is 0 Å². The molecule has 0 saturated carbocycles. The van der Waals surface area contributed by atoms with Gasteiger partial charge < -0.3 is 28.3 Å². The van der Waals surface area contributed by atoms with E-state index in [2.05, 4.69) is 5.32 Å². The summed E-state index contributed by atoms with van der Waals surface area (Å²) >= 11 is 0. The average molecular weight is 499 g/mol. The van der Waals surface area contributed by atoms with Crippen LogP contribution in [0.15, 0.2) is 36.4 Å². The van der Waals surface area contributed by atoms with Crippen LogP contribution in [0.25, 0.3) is 10.9 Å². The molecule has 36 heavy (non-hydrogen) atoms. The van der Waals surface area contributed by atoms with Gasteiger partial charge in [0.15, 0.2) is 0 Å². The highest BCUT2D eigenvalue weighted by atomic mass is 16.6. The minimum atomic E-state index is -0.605. The van der Waals surface area contributed by atoms with Crippen molar-refractivity contribution >= 4 is 28.7 Å². The smallest absolute Gasteiger partial charge is 0.412 e. The predicted octanol–water partition coefficient (Wildman–Crippen LogP) is 5.34. The molecule has 0 bridgehead atoms. The van der Waals surface area contributed by atoms with Crippen molar-refractivity contribution in [1.82, 2.24) is 4.57 Å². The molecule has 0 aliphatic carbocycles. The molecule has 3 rings (SSSR count). The fraction of sp³-hybridized carbons (Fsp3) is 0.407. The summed E-state index contributed by atoms with van der Waals surface area (Å²) < 4.78 is 28.9. The Hall–Kier alpha value is -3.88. The normalized spacial score (nSPS) is 11.2. The van der Waals surface area contributed by atoms with Crippen molar-refractivity contribution in [2.75, 3.05) is 33.3 Å². The minimum absolute atomic E-state index is 0.401. The number of anilines is 1. The molecule has 1 amide bonds. The van der Waals surface area contributed by atoms with Gasteiger partial charge in [0.25, 0.3) is 0 Å². The number of nitrogens with one attached hydrogen (secondary N) is 1. The van der Waals surface area contributed by atoms with Crippen molar-refractivity contribution in [3.8, 4) is 17.2 Å². The molecule has 0 fully saturated rings. The third-order valence-corrected chi connectivity index (χ3v) is 5.53. The summed E-state index contributed by atoms with van der Waals surface area (Å²) in [6.45, 7) is 5.86. The van der Waals surface area contributed by atoms with Crippen LogP contribution in [0.3, 0.4) is 0 Å². The number of ether oxygens (including phenoxy) is 5. The lowest BCUT2D eigenvalue weighted by molar-refractivity contribution is 0.0588. The number of rotatable bonds is 9. The van der Waals surface area contributed by atoms with Gasteiger partial charge in [-0.05, 0) is 63.4 Å². The Bertz CT molecular complexity index is 1240. The van der Waals surface area contributed by atoms with Crippen LogP contribution < -0.4 is 19.5 Å². The molecular formula is C27H34N2O7. The van der Waals surface area contributed by atoms with E-state index in [1.165, 1.54) is 7.11 Å². The number of nitrogens with zero attached hydrogens (tertiary/aromatic N) is 1. The largest absolute Gasteiger partial charge is 0.497 e. The van der Waals surface area contributed by atoms with Crippen molar-refractivity contribution in [2.24, 2.45) is 7.05 Å². The van der Waals surface area contributed by atoms with Gasteiger partial charge in [0, 0.05) is 18.5 Å². The van der Waals surface area contributed by atoms with Crippen LogP contribution in [0.2, 0.25) is 0 Å². The first-order valence-corrected chi connectivity index (χ1v) is 11.6. The zero-order valence-corrected chi connectivity index (χ0v) is 21.9. The van der Waals surface area contributed by atoms with Crippen LogP contribution in [0, 0.1) is 0 Å². The maximum Gasteiger partial charge on any atom is 0.412 e. The first kappa shape index (κ1) is 26.7. The Morgan fingerprint density at radius 3 is 2.33 bits per heavy atom. The number of benzene rings is 2. The second-order valence-corrected chi connectivity index (χ2v) is 9.21. The molecule has 2 aromatic carbocycles. The van der Waals surface area contributed by atoms with Crippen molar-refractivity contribution in [3.05, 3.63) is 47.7 Å². The highest BCUT2D eigenvalue weighted by Gasteiger charge is 2.20. The monoisotopic (exact) mass is 498 g/mol. The van der Waals surface area contributed by atoms with Gasteiger partial charge in [-0.15, -0.1) is 0 Å². The van der Waals surface area contributed by atoms with Gasteiger partial charge >= 0.3 is 12.1 Å². The fourth-order valence-electron chi connectivity index (χ4n) is 3.88. The third kappa shape index (κ3) is 6.21. The molecule has 0 saturated heterocycles. The minimum Gasteiger partial charge on any atom is -0.497 e. The van der Waals surface area contributed by atoms with E-state index in [4.69, 9.17) is 23.7 Å². The number of methoxy groups -OCH3 is 3. The van der Waals surface area contributed by atoms with Gasteiger partial charge in [-0.25, -0.2) is 9.59 Å². The van der Waals surface area contributed by atoms with E-state index in [9.17, 15) is 9.59 Å². The van der Waals surface area contributed by atoms with Crippen molar-refractivity contribution in [2.45, 2.75) is 39.2 Å². The van der Waals surface area contributed by atoms with Crippen molar-refractivity contribution in [3.63, 3.8) is 0 Å². The molecule has 194 valence electrons. The molecule has 0 atom stereocenters. The van der Waals surface area contributed by atoms with Crippen LogP contribution in [0.5, 0.6) is 17.2 Å². The number of carbonyl (C=O) groups is 2. The molecule has 0 spiro atoms. The average Bonchev–Trinajstić information content (AvgIpc) is 3.18. The Kier molecular flexibility index (Phi) is 8.34. The number of amides is 1. The zero-order chi connectivity index (χ0) is 26.5. The van der Waals surface area contributed by atoms with Crippen LogP contribution in [-0.2, 0) is 22.9 Å². The first-order chi connectivity index (χ1) is 17.1. The molecule has 0 radical (unpaired) electrons. The predicted molar refractivity (Wildman–Crippen MR) is 137 cm³/mol. The molecule has 1 aromatic heterocycles. The van der Waals surface area contributed by atoms with E-state index in [0.29, 0.717) is 48.1 Å². The van der Waals surface area contributed by atoms with E-state index in [0.717, 1.165) is 16.5 Å². The zero-order valence-electron chi connectivity index (χ0n) is 21.9. The molecule has 1 N–H and O–H groups in total. The fourth-order valence-corrected chi connectivity index (χ4v) is 3.88. The van der Waals surface area contributed by atoms with Crippen molar-refractivity contribution in [1.29, 1.82) is 0 Å². The molecular weight excluding hydrogens is 464 g/mol. The van der Waals surface area contributed by atoms with Gasteiger partial charge in [0.05, 0.1) is 39.1 Å². The highest BCUT2D eigenvalue weighted by Crippen LogP contribution is 2.35. The maximum absolute atomic E-state index is 12.3. The topological polar surface area (TPSA) is 97.3 Å². The molecule has 1 heterocycles. The summed E-state index contributed by atoms with van der Waals surface area (Å²) in [5.41, 5.74) is 2.10. The summed E-state index contributed by atoms with van der Waals surface area (Å²) in [6, 6.07) is 10.9. The number of carbonyl (C=O) groups excluding carboxylic acids is 2. The lowest BCUT2D eigenvalue weighted by Crippen LogP contribution is -2.27. The van der Waals surface area contributed by atoms with Crippen molar-refractivity contribution < 1.29 is 33.3 Å². The number of hydrogen-bond donors (Lipinski definition) is 1. The van der Waals surface area contributed by atoms with Crippen LogP contribution in [-0.4, -0.2) is 50.2 Å². The second-order valence-electron chi connectivity index (χ2n) is 9.21. The highest BCUT2D eigenvalue weighted by molar-refractivity contribution is 6.00. The number of fused-ring (bicyclic) bond motifs is 1. The molecule has 9 heteroatoms. The third-order valence-electron chi connectivity index (χ3n) is 5.53.